The van der Waals surface area contributed by atoms with E-state index in [9.17, 15) is 0 Å². The molecule has 1 aromatic rings. The van der Waals surface area contributed by atoms with Crippen molar-refractivity contribution in [1.29, 1.82) is 0 Å². The van der Waals surface area contributed by atoms with Crippen LogP contribution in [0.2, 0.25) is 0 Å². The topological polar surface area (TPSA) is 48.9 Å². The highest BCUT2D eigenvalue weighted by Crippen LogP contribution is 2.31. The van der Waals surface area contributed by atoms with Gasteiger partial charge in [0.05, 0.1) is 12.6 Å². The molecular weight excluding hydrogens is 451 g/mol. The summed E-state index contributed by atoms with van der Waals surface area (Å²) in [6.07, 6.45) is 4.80. The first-order chi connectivity index (χ1) is 12.8. The van der Waals surface area contributed by atoms with Gasteiger partial charge in [0.2, 0.25) is 0 Å². The lowest BCUT2D eigenvalue weighted by Crippen LogP contribution is -2.41. The van der Waals surface area contributed by atoms with Gasteiger partial charge < -0.3 is 20.3 Å². The summed E-state index contributed by atoms with van der Waals surface area (Å²) in [6.45, 7) is 10.6. The molecule has 1 unspecified atom stereocenters. The highest BCUT2D eigenvalue weighted by atomic mass is 127. The average molecular weight is 486 g/mol. The van der Waals surface area contributed by atoms with Crippen molar-refractivity contribution in [2.75, 3.05) is 39.3 Å². The molecule has 5 nitrogen and oxygen atoms in total. The molecule has 2 heterocycles. The number of ether oxygens (including phenoxy) is 1. The van der Waals surface area contributed by atoms with Crippen molar-refractivity contribution in [2.24, 2.45) is 10.9 Å². The number of halogens is 1. The van der Waals surface area contributed by atoms with Crippen molar-refractivity contribution in [1.82, 2.24) is 15.5 Å². The van der Waals surface area contributed by atoms with Gasteiger partial charge in [-0.2, -0.15) is 0 Å². The number of fused-ring (bicyclic) bond motifs is 1. The maximum absolute atomic E-state index is 5.77. The zero-order valence-electron chi connectivity index (χ0n) is 16.7. The molecule has 27 heavy (non-hydrogen) atoms. The van der Waals surface area contributed by atoms with E-state index in [2.05, 4.69) is 47.6 Å². The minimum atomic E-state index is 0. The van der Waals surface area contributed by atoms with Crippen molar-refractivity contribution < 1.29 is 4.74 Å². The summed E-state index contributed by atoms with van der Waals surface area (Å²) < 4.78 is 5.77. The van der Waals surface area contributed by atoms with Gasteiger partial charge in [-0.15, -0.1) is 24.0 Å². The molecule has 0 saturated carbocycles. The summed E-state index contributed by atoms with van der Waals surface area (Å²) >= 11 is 0. The Morgan fingerprint density at radius 2 is 1.96 bits per heavy atom. The van der Waals surface area contributed by atoms with Crippen molar-refractivity contribution in [3.8, 4) is 5.75 Å². The molecule has 6 heteroatoms. The van der Waals surface area contributed by atoms with E-state index in [1.807, 2.05) is 6.07 Å². The number of para-hydroxylation sites is 1. The molecule has 2 N–H and O–H groups in total. The van der Waals surface area contributed by atoms with Crippen LogP contribution in [0.3, 0.4) is 0 Å². The molecule has 152 valence electrons. The minimum Gasteiger partial charge on any atom is -0.493 e. The Morgan fingerprint density at radius 1 is 1.19 bits per heavy atom. The number of aliphatic imine (C=N–C) groups is 1. The second-order valence-corrected chi connectivity index (χ2v) is 7.30. The zero-order valence-corrected chi connectivity index (χ0v) is 19.1. The SMILES string of the molecule is CCNC(=NCCC1CCN(CC)CC1)NC1CCOc2ccccc21.I. The molecule has 0 amide bonds. The van der Waals surface area contributed by atoms with Gasteiger partial charge in [-0.25, -0.2) is 0 Å². The molecule has 2 aliphatic rings. The Hall–Kier alpha value is -1.02. The van der Waals surface area contributed by atoms with Crippen LogP contribution >= 0.6 is 24.0 Å². The van der Waals surface area contributed by atoms with E-state index in [1.165, 1.54) is 44.5 Å². The van der Waals surface area contributed by atoms with Gasteiger partial charge in [0.25, 0.3) is 0 Å². The minimum absolute atomic E-state index is 0. The number of hydrogen-bond donors (Lipinski definition) is 2. The molecule has 1 fully saturated rings. The lowest BCUT2D eigenvalue weighted by Gasteiger charge is -2.31. The van der Waals surface area contributed by atoms with Crippen LogP contribution < -0.4 is 15.4 Å². The molecule has 0 aromatic heterocycles. The molecule has 0 spiro atoms. The first kappa shape index (κ1) is 22.3. The summed E-state index contributed by atoms with van der Waals surface area (Å²) in [5.74, 6) is 2.75. The fourth-order valence-electron chi connectivity index (χ4n) is 3.93. The van der Waals surface area contributed by atoms with E-state index in [1.54, 1.807) is 0 Å². The molecule has 0 bridgehead atoms. The van der Waals surface area contributed by atoms with Crippen LogP contribution in [0, 0.1) is 5.92 Å². The highest BCUT2D eigenvalue weighted by molar-refractivity contribution is 14.0. The molecule has 1 saturated heterocycles. The number of hydrogen-bond acceptors (Lipinski definition) is 3. The van der Waals surface area contributed by atoms with Crippen LogP contribution in [0.25, 0.3) is 0 Å². The summed E-state index contributed by atoms with van der Waals surface area (Å²) in [6, 6.07) is 8.58. The van der Waals surface area contributed by atoms with Gasteiger partial charge in [-0.05, 0) is 57.8 Å². The lowest BCUT2D eigenvalue weighted by atomic mass is 9.94. The number of likely N-dealkylation sites (tertiary alicyclic amines) is 1. The first-order valence-electron chi connectivity index (χ1n) is 10.3. The third-order valence-electron chi connectivity index (χ3n) is 5.58. The van der Waals surface area contributed by atoms with Gasteiger partial charge in [-0.3, -0.25) is 4.99 Å². The van der Waals surface area contributed by atoms with E-state index >= 15 is 0 Å². The molecule has 2 aliphatic heterocycles. The van der Waals surface area contributed by atoms with Gasteiger partial charge >= 0.3 is 0 Å². The van der Waals surface area contributed by atoms with Crippen LogP contribution in [0.5, 0.6) is 5.75 Å². The molecular formula is C21H35IN4O. The van der Waals surface area contributed by atoms with Crippen LogP contribution in [-0.4, -0.2) is 50.2 Å². The van der Waals surface area contributed by atoms with Crippen LogP contribution in [-0.2, 0) is 0 Å². The first-order valence-corrected chi connectivity index (χ1v) is 10.3. The van der Waals surface area contributed by atoms with Crippen LogP contribution in [0.15, 0.2) is 29.3 Å². The Morgan fingerprint density at radius 3 is 2.70 bits per heavy atom. The summed E-state index contributed by atoms with van der Waals surface area (Å²) in [4.78, 5) is 7.40. The fourth-order valence-corrected chi connectivity index (χ4v) is 3.93. The predicted molar refractivity (Wildman–Crippen MR) is 123 cm³/mol. The zero-order chi connectivity index (χ0) is 18.2. The van der Waals surface area contributed by atoms with Crippen LogP contribution in [0.4, 0.5) is 0 Å². The van der Waals surface area contributed by atoms with Crippen LogP contribution in [0.1, 0.15) is 51.1 Å². The number of nitrogens with one attached hydrogen (secondary N) is 2. The normalized spacial score (nSPS) is 21.0. The Kier molecular flexibility index (Phi) is 9.68. The maximum Gasteiger partial charge on any atom is 0.191 e. The standard InChI is InChI=1S/C21H34N4O.HI/c1-3-22-21(23-13-9-17-10-14-25(4-2)15-11-17)24-19-12-16-26-20-8-6-5-7-18(19)20;/h5-8,17,19H,3-4,9-16H2,1-2H3,(H2,22,23,24);1H. The third kappa shape index (κ3) is 6.52. The Labute approximate surface area is 181 Å². The molecule has 0 aliphatic carbocycles. The van der Waals surface area contributed by atoms with Crippen molar-refractivity contribution in [3.05, 3.63) is 29.8 Å². The molecule has 1 aromatic carbocycles. The summed E-state index contributed by atoms with van der Waals surface area (Å²) in [5, 5.41) is 7.02. The number of nitrogens with zero attached hydrogens (tertiary/aromatic N) is 2. The number of rotatable bonds is 6. The third-order valence-corrected chi connectivity index (χ3v) is 5.58. The van der Waals surface area contributed by atoms with Gasteiger partial charge in [0.15, 0.2) is 5.96 Å². The summed E-state index contributed by atoms with van der Waals surface area (Å²) in [5.41, 5.74) is 1.23. The van der Waals surface area contributed by atoms with E-state index in [0.29, 0.717) is 0 Å². The Balaban J connectivity index is 0.00000261. The second-order valence-electron chi connectivity index (χ2n) is 7.30. The lowest BCUT2D eigenvalue weighted by molar-refractivity contribution is 0.188. The molecule has 0 radical (unpaired) electrons. The van der Waals surface area contributed by atoms with Gasteiger partial charge in [0.1, 0.15) is 5.75 Å². The quantitative estimate of drug-likeness (QED) is 0.365. The van der Waals surface area contributed by atoms with E-state index < -0.39 is 0 Å². The van der Waals surface area contributed by atoms with E-state index in [-0.39, 0.29) is 30.0 Å². The van der Waals surface area contributed by atoms with E-state index in [4.69, 9.17) is 9.73 Å². The molecule has 1 atom stereocenters. The number of benzene rings is 1. The second kappa shape index (κ2) is 11.7. The Bertz CT molecular complexity index is 587. The largest absolute Gasteiger partial charge is 0.493 e. The molecule has 3 rings (SSSR count). The van der Waals surface area contributed by atoms with Gasteiger partial charge in [0, 0.05) is 25.1 Å². The smallest absolute Gasteiger partial charge is 0.191 e. The average Bonchev–Trinajstić information content (AvgIpc) is 2.69. The van der Waals surface area contributed by atoms with E-state index in [0.717, 1.165) is 43.7 Å². The van der Waals surface area contributed by atoms with Crippen molar-refractivity contribution >= 4 is 29.9 Å². The van der Waals surface area contributed by atoms with Gasteiger partial charge in [-0.1, -0.05) is 25.1 Å². The monoisotopic (exact) mass is 486 g/mol. The number of guanidine groups is 1. The fraction of sp³-hybridized carbons (Fsp3) is 0.667. The highest BCUT2D eigenvalue weighted by Gasteiger charge is 2.22. The maximum atomic E-state index is 5.77. The summed E-state index contributed by atoms with van der Waals surface area (Å²) in [7, 11) is 0. The van der Waals surface area contributed by atoms with Crippen molar-refractivity contribution in [3.63, 3.8) is 0 Å². The number of piperidine rings is 1. The predicted octanol–water partition coefficient (Wildman–Crippen LogP) is 3.81. The van der Waals surface area contributed by atoms with Crippen molar-refractivity contribution in [2.45, 2.75) is 45.6 Å².